The summed E-state index contributed by atoms with van der Waals surface area (Å²) in [6.07, 6.45) is 3.97. The summed E-state index contributed by atoms with van der Waals surface area (Å²) in [6, 6.07) is 16.8. The smallest absolute Gasteiger partial charge is 0.227 e. The predicted molar refractivity (Wildman–Crippen MR) is 103 cm³/mol. The lowest BCUT2D eigenvalue weighted by molar-refractivity contribution is -0.131. The van der Waals surface area contributed by atoms with Gasteiger partial charge in [0.2, 0.25) is 5.91 Å². The van der Waals surface area contributed by atoms with E-state index in [1.54, 1.807) is 0 Å². The van der Waals surface area contributed by atoms with Crippen molar-refractivity contribution in [2.24, 2.45) is 0 Å². The molecule has 0 atom stereocenters. The highest BCUT2D eigenvalue weighted by atomic mass is 16.2. The van der Waals surface area contributed by atoms with Gasteiger partial charge in [-0.1, -0.05) is 48.0 Å². The molecule has 128 valence electrons. The van der Waals surface area contributed by atoms with Crippen LogP contribution in [0.4, 0.5) is 0 Å². The Bertz CT molecular complexity index is 886. The van der Waals surface area contributed by atoms with Crippen LogP contribution in [-0.2, 0) is 11.2 Å². The molecule has 0 spiro atoms. The van der Waals surface area contributed by atoms with Crippen molar-refractivity contribution in [2.75, 3.05) is 13.1 Å². The number of aromatic amines is 1. The molecule has 1 N–H and O–H groups in total. The van der Waals surface area contributed by atoms with Gasteiger partial charge in [-0.25, -0.2) is 0 Å². The number of fused-ring (bicyclic) bond motifs is 1. The Morgan fingerprint density at radius 1 is 1.00 bits per heavy atom. The highest BCUT2D eigenvalue weighted by Gasteiger charge is 2.21. The van der Waals surface area contributed by atoms with Crippen LogP contribution >= 0.6 is 0 Å². The van der Waals surface area contributed by atoms with Crippen molar-refractivity contribution in [1.29, 1.82) is 0 Å². The molecular weight excluding hydrogens is 308 g/mol. The van der Waals surface area contributed by atoms with Gasteiger partial charge in [0.1, 0.15) is 0 Å². The second-order valence-electron chi connectivity index (χ2n) is 7.01. The van der Waals surface area contributed by atoms with E-state index in [1.165, 1.54) is 12.0 Å². The van der Waals surface area contributed by atoms with E-state index in [2.05, 4.69) is 48.3 Å². The van der Waals surface area contributed by atoms with Gasteiger partial charge in [0, 0.05) is 24.0 Å². The molecule has 1 aromatic heterocycles. The Balaban J connectivity index is 1.74. The summed E-state index contributed by atoms with van der Waals surface area (Å²) in [6.45, 7) is 3.90. The zero-order valence-corrected chi connectivity index (χ0v) is 14.7. The van der Waals surface area contributed by atoms with Crippen molar-refractivity contribution in [3.05, 3.63) is 59.7 Å². The van der Waals surface area contributed by atoms with Crippen LogP contribution in [0.3, 0.4) is 0 Å². The minimum absolute atomic E-state index is 0.248. The first-order valence-corrected chi connectivity index (χ1v) is 9.17. The summed E-state index contributed by atoms with van der Waals surface area (Å²) in [5, 5.41) is 1.16. The van der Waals surface area contributed by atoms with Gasteiger partial charge in [-0.2, -0.15) is 0 Å². The van der Waals surface area contributed by atoms with Crippen LogP contribution in [0.5, 0.6) is 0 Å². The molecule has 3 heteroatoms. The van der Waals surface area contributed by atoms with Crippen LogP contribution in [0.2, 0.25) is 0 Å². The largest absolute Gasteiger partial charge is 0.354 e. The summed E-state index contributed by atoms with van der Waals surface area (Å²) in [7, 11) is 0. The molecule has 1 amide bonds. The average molecular weight is 332 g/mol. The fourth-order valence-corrected chi connectivity index (χ4v) is 3.76. The topological polar surface area (TPSA) is 36.1 Å². The molecule has 3 nitrogen and oxygen atoms in total. The molecule has 2 heterocycles. The van der Waals surface area contributed by atoms with Gasteiger partial charge in [0.15, 0.2) is 0 Å². The Morgan fingerprint density at radius 2 is 1.72 bits per heavy atom. The van der Waals surface area contributed by atoms with E-state index in [4.69, 9.17) is 0 Å². The number of piperidine rings is 1. The number of carbonyl (C=O) groups is 1. The van der Waals surface area contributed by atoms with Crippen LogP contribution in [0.25, 0.3) is 22.2 Å². The Labute approximate surface area is 148 Å². The summed E-state index contributed by atoms with van der Waals surface area (Å²) in [4.78, 5) is 18.4. The van der Waals surface area contributed by atoms with Gasteiger partial charge in [-0.05, 0) is 43.4 Å². The van der Waals surface area contributed by atoms with E-state index in [0.717, 1.165) is 53.7 Å². The second-order valence-corrected chi connectivity index (χ2v) is 7.01. The first-order chi connectivity index (χ1) is 12.2. The van der Waals surface area contributed by atoms with E-state index in [9.17, 15) is 4.79 Å². The maximum absolute atomic E-state index is 12.9. The molecule has 0 bridgehead atoms. The van der Waals surface area contributed by atoms with Gasteiger partial charge in [-0.3, -0.25) is 4.79 Å². The highest BCUT2D eigenvalue weighted by Crippen LogP contribution is 2.31. The maximum Gasteiger partial charge on any atom is 0.227 e. The molecule has 1 saturated heterocycles. The molecule has 0 aliphatic carbocycles. The Morgan fingerprint density at radius 3 is 2.48 bits per heavy atom. The summed E-state index contributed by atoms with van der Waals surface area (Å²) >= 11 is 0. The molecule has 2 aromatic carbocycles. The van der Waals surface area contributed by atoms with E-state index in [-0.39, 0.29) is 5.91 Å². The van der Waals surface area contributed by atoms with Crippen LogP contribution < -0.4 is 0 Å². The van der Waals surface area contributed by atoms with Crippen molar-refractivity contribution in [3.8, 4) is 11.3 Å². The molecule has 1 fully saturated rings. The molecule has 4 rings (SSSR count). The number of hydrogen-bond donors (Lipinski definition) is 1. The van der Waals surface area contributed by atoms with Gasteiger partial charge in [-0.15, -0.1) is 0 Å². The minimum atomic E-state index is 0.248. The van der Waals surface area contributed by atoms with Gasteiger partial charge in [0.25, 0.3) is 0 Å². The minimum Gasteiger partial charge on any atom is -0.354 e. The van der Waals surface area contributed by atoms with Gasteiger partial charge < -0.3 is 9.88 Å². The average Bonchev–Trinajstić information content (AvgIpc) is 3.02. The number of aromatic nitrogens is 1. The van der Waals surface area contributed by atoms with Crippen LogP contribution in [0, 0.1) is 6.92 Å². The molecule has 25 heavy (non-hydrogen) atoms. The quantitative estimate of drug-likeness (QED) is 0.741. The third-order valence-corrected chi connectivity index (χ3v) is 5.19. The Kier molecular flexibility index (Phi) is 4.31. The third-order valence-electron chi connectivity index (χ3n) is 5.19. The number of para-hydroxylation sites is 1. The zero-order valence-electron chi connectivity index (χ0n) is 14.7. The number of amides is 1. The number of aryl methyl sites for hydroxylation is 1. The Hall–Kier alpha value is -2.55. The van der Waals surface area contributed by atoms with E-state index < -0.39 is 0 Å². The molecule has 3 aromatic rings. The fourth-order valence-electron chi connectivity index (χ4n) is 3.76. The molecule has 0 radical (unpaired) electrons. The first kappa shape index (κ1) is 15.9. The lowest BCUT2D eigenvalue weighted by Crippen LogP contribution is -2.36. The molecule has 1 aliphatic rings. The maximum atomic E-state index is 12.9. The van der Waals surface area contributed by atoms with Gasteiger partial charge in [0.05, 0.1) is 12.1 Å². The number of benzene rings is 2. The monoisotopic (exact) mass is 332 g/mol. The predicted octanol–water partition coefficient (Wildman–Crippen LogP) is 4.70. The van der Waals surface area contributed by atoms with Crippen molar-refractivity contribution in [3.63, 3.8) is 0 Å². The number of nitrogens with zero attached hydrogens (tertiary/aromatic N) is 1. The number of likely N-dealkylation sites (tertiary alicyclic amines) is 1. The zero-order chi connectivity index (χ0) is 17.2. The third kappa shape index (κ3) is 3.19. The SMILES string of the molecule is Cc1ccc(-c2[nH]c3ccccc3c2CC(=O)N2CCCCC2)cc1. The number of H-pyrrole nitrogens is 1. The number of carbonyl (C=O) groups excluding carboxylic acids is 1. The second kappa shape index (κ2) is 6.75. The molecule has 1 aliphatic heterocycles. The van der Waals surface area contributed by atoms with Crippen LogP contribution in [-0.4, -0.2) is 28.9 Å². The first-order valence-electron chi connectivity index (χ1n) is 9.17. The lowest BCUT2D eigenvalue weighted by atomic mass is 10.0. The van der Waals surface area contributed by atoms with Crippen molar-refractivity contribution in [1.82, 2.24) is 9.88 Å². The van der Waals surface area contributed by atoms with Crippen LogP contribution in [0.15, 0.2) is 48.5 Å². The fraction of sp³-hybridized carbons (Fsp3) is 0.318. The van der Waals surface area contributed by atoms with Crippen molar-refractivity contribution >= 4 is 16.8 Å². The number of hydrogen-bond acceptors (Lipinski definition) is 1. The lowest BCUT2D eigenvalue weighted by Gasteiger charge is -2.26. The van der Waals surface area contributed by atoms with Crippen molar-refractivity contribution in [2.45, 2.75) is 32.6 Å². The summed E-state index contributed by atoms with van der Waals surface area (Å²) < 4.78 is 0. The summed E-state index contributed by atoms with van der Waals surface area (Å²) in [5.41, 5.74) is 5.68. The van der Waals surface area contributed by atoms with E-state index in [1.807, 2.05) is 17.0 Å². The molecule has 0 unspecified atom stereocenters. The molecular formula is C22H24N2O. The standard InChI is InChI=1S/C22H24N2O/c1-16-9-11-17(12-10-16)22-19(18-7-3-4-8-20(18)23-22)15-21(25)24-13-5-2-6-14-24/h3-4,7-12,23H,2,5-6,13-15H2,1H3. The van der Waals surface area contributed by atoms with Crippen molar-refractivity contribution < 1.29 is 4.79 Å². The van der Waals surface area contributed by atoms with Gasteiger partial charge >= 0.3 is 0 Å². The normalized spacial score (nSPS) is 14.8. The molecule has 0 saturated carbocycles. The number of rotatable bonds is 3. The van der Waals surface area contributed by atoms with Crippen LogP contribution in [0.1, 0.15) is 30.4 Å². The highest BCUT2D eigenvalue weighted by molar-refractivity contribution is 5.95. The van der Waals surface area contributed by atoms with E-state index >= 15 is 0 Å². The summed E-state index contributed by atoms with van der Waals surface area (Å²) in [5.74, 6) is 0.248. The number of nitrogens with one attached hydrogen (secondary N) is 1. The van der Waals surface area contributed by atoms with E-state index in [0.29, 0.717) is 6.42 Å².